The summed E-state index contributed by atoms with van der Waals surface area (Å²) in [5.74, 6) is -0.254. The Labute approximate surface area is 178 Å². The van der Waals surface area contributed by atoms with Gasteiger partial charge in [-0.25, -0.2) is 4.79 Å². The topological polar surface area (TPSA) is 83.8 Å². The second-order valence-electron chi connectivity index (χ2n) is 7.65. The molecule has 30 heavy (non-hydrogen) atoms. The van der Waals surface area contributed by atoms with E-state index in [4.69, 9.17) is 9.47 Å². The van der Waals surface area contributed by atoms with Gasteiger partial charge in [0.15, 0.2) is 5.78 Å². The lowest BCUT2D eigenvalue weighted by Crippen LogP contribution is -2.26. The number of thiophene rings is 1. The molecular formula is C22H23NO6S. The predicted molar refractivity (Wildman–Crippen MR) is 114 cm³/mol. The summed E-state index contributed by atoms with van der Waals surface area (Å²) in [4.78, 5) is 36.9. The van der Waals surface area contributed by atoms with E-state index in [1.165, 1.54) is 23.0 Å². The van der Waals surface area contributed by atoms with Crippen molar-refractivity contribution in [1.82, 2.24) is 4.57 Å². The van der Waals surface area contributed by atoms with Crippen molar-refractivity contribution in [3.8, 4) is 16.9 Å². The molecule has 3 aromatic rings. The molecule has 2 aromatic heterocycles. The number of hydrogen-bond acceptors (Lipinski definition) is 7. The summed E-state index contributed by atoms with van der Waals surface area (Å²) in [6.07, 6.45) is 0.875. The Morgan fingerprint density at radius 1 is 1.10 bits per heavy atom. The number of nitrogens with zero attached hydrogens (tertiary/aromatic N) is 1. The number of aromatic nitrogens is 1. The third-order valence-corrected chi connectivity index (χ3v) is 5.29. The van der Waals surface area contributed by atoms with Crippen LogP contribution in [0.1, 0.15) is 36.9 Å². The Kier molecular flexibility index (Phi) is 5.98. The Hall–Kier alpha value is -3.13. The molecule has 0 fully saturated rings. The van der Waals surface area contributed by atoms with Gasteiger partial charge in [-0.05, 0) is 56.0 Å². The van der Waals surface area contributed by atoms with Crippen molar-refractivity contribution in [1.29, 1.82) is 0 Å². The van der Waals surface area contributed by atoms with Crippen molar-refractivity contribution in [2.75, 3.05) is 14.2 Å². The van der Waals surface area contributed by atoms with Gasteiger partial charge in [0.2, 0.25) is 0 Å². The minimum Gasteiger partial charge on any atom is -0.497 e. The lowest BCUT2D eigenvalue weighted by Gasteiger charge is -2.19. The van der Waals surface area contributed by atoms with Crippen molar-refractivity contribution < 1.29 is 28.6 Å². The molecule has 0 aliphatic carbocycles. The van der Waals surface area contributed by atoms with Gasteiger partial charge >= 0.3 is 12.1 Å². The van der Waals surface area contributed by atoms with Crippen LogP contribution in [0.3, 0.4) is 0 Å². The zero-order valence-corrected chi connectivity index (χ0v) is 18.3. The number of carbonyl (C=O) groups is 3. The van der Waals surface area contributed by atoms with Crippen LogP contribution in [0.4, 0.5) is 4.79 Å². The zero-order chi connectivity index (χ0) is 22.1. The third kappa shape index (κ3) is 4.54. The monoisotopic (exact) mass is 429 g/mol. The maximum Gasteiger partial charge on any atom is 0.419 e. The molecule has 0 saturated carbocycles. The number of fused-ring (bicyclic) bond motifs is 1. The highest BCUT2D eigenvalue weighted by Crippen LogP contribution is 2.36. The first-order valence-corrected chi connectivity index (χ1v) is 10.1. The van der Waals surface area contributed by atoms with Crippen LogP contribution >= 0.6 is 11.3 Å². The molecule has 3 rings (SSSR count). The van der Waals surface area contributed by atoms with E-state index in [0.717, 1.165) is 16.5 Å². The van der Waals surface area contributed by atoms with E-state index in [2.05, 4.69) is 4.74 Å². The molecule has 0 N–H and O–H groups in total. The Balaban J connectivity index is 2.06. The smallest absolute Gasteiger partial charge is 0.419 e. The molecule has 2 heterocycles. The highest BCUT2D eigenvalue weighted by atomic mass is 32.1. The molecule has 0 spiro atoms. The predicted octanol–water partition coefficient (Wildman–Crippen LogP) is 4.91. The van der Waals surface area contributed by atoms with Gasteiger partial charge in [0, 0.05) is 17.1 Å². The van der Waals surface area contributed by atoms with Gasteiger partial charge in [0.1, 0.15) is 17.8 Å². The normalized spacial score (nSPS) is 11.4. The Bertz CT molecular complexity index is 1120. The summed E-state index contributed by atoms with van der Waals surface area (Å²) >= 11 is 1.24. The number of methoxy groups -OCH3 is 2. The van der Waals surface area contributed by atoms with Gasteiger partial charge in [-0.1, -0.05) is 0 Å². The van der Waals surface area contributed by atoms with Gasteiger partial charge in [0.05, 0.1) is 24.6 Å². The summed E-state index contributed by atoms with van der Waals surface area (Å²) in [7, 11) is 2.81. The molecular weight excluding hydrogens is 406 g/mol. The number of Topliss-reactive ketones (excluding diaryl/α,β-unsaturated/α-hetero) is 1. The molecule has 0 bridgehead atoms. The van der Waals surface area contributed by atoms with Crippen LogP contribution in [0, 0.1) is 0 Å². The van der Waals surface area contributed by atoms with Crippen molar-refractivity contribution in [2.45, 2.75) is 32.8 Å². The average molecular weight is 429 g/mol. The summed E-state index contributed by atoms with van der Waals surface area (Å²) in [6, 6.07) is 7.10. The summed E-state index contributed by atoms with van der Waals surface area (Å²) in [5.41, 5.74) is 1.53. The summed E-state index contributed by atoms with van der Waals surface area (Å²) in [5, 5.41) is 2.60. The molecule has 0 radical (unpaired) electrons. The largest absolute Gasteiger partial charge is 0.497 e. The number of ketones is 1. The molecule has 0 saturated heterocycles. The second-order valence-corrected chi connectivity index (χ2v) is 8.56. The fourth-order valence-electron chi connectivity index (χ4n) is 2.94. The molecule has 0 aliphatic rings. The van der Waals surface area contributed by atoms with Gasteiger partial charge in [0.25, 0.3) is 0 Å². The van der Waals surface area contributed by atoms with Crippen molar-refractivity contribution >= 4 is 40.1 Å². The van der Waals surface area contributed by atoms with Crippen molar-refractivity contribution in [3.63, 3.8) is 0 Å². The number of ether oxygens (including phenoxy) is 3. The first kappa shape index (κ1) is 21.6. The number of rotatable bonds is 5. The SMILES string of the molecule is COC(=O)CC(=O)c1cc(-c2cn(C(=O)OC(C)(C)C)c3ccc(OC)cc23)cs1. The third-order valence-electron chi connectivity index (χ3n) is 4.32. The van der Waals surface area contributed by atoms with E-state index in [1.807, 2.05) is 11.4 Å². The molecule has 8 heteroatoms. The molecule has 0 unspecified atom stereocenters. The maximum atomic E-state index is 12.7. The van der Waals surface area contributed by atoms with Crippen molar-refractivity contribution in [3.05, 3.63) is 40.7 Å². The van der Waals surface area contributed by atoms with Crippen LogP contribution in [0.2, 0.25) is 0 Å². The van der Waals surface area contributed by atoms with E-state index in [1.54, 1.807) is 52.3 Å². The molecule has 0 aliphatic heterocycles. The number of benzene rings is 1. The van der Waals surface area contributed by atoms with E-state index in [0.29, 0.717) is 16.1 Å². The van der Waals surface area contributed by atoms with Crippen LogP contribution in [0.25, 0.3) is 22.0 Å². The molecule has 158 valence electrons. The number of carbonyl (C=O) groups excluding carboxylic acids is 3. The quantitative estimate of drug-likeness (QED) is 0.326. The van der Waals surface area contributed by atoms with Gasteiger partial charge < -0.3 is 14.2 Å². The lowest BCUT2D eigenvalue weighted by atomic mass is 10.1. The van der Waals surface area contributed by atoms with E-state index < -0.39 is 17.7 Å². The van der Waals surface area contributed by atoms with E-state index in [9.17, 15) is 14.4 Å². The standard InChI is InChI=1S/C22H23NO6S/c1-22(2,3)29-21(26)23-11-16(15-9-14(27-4)6-7-17(15)23)13-8-19(30-12-13)18(24)10-20(25)28-5/h6-9,11-12H,10H2,1-5H3. The first-order chi connectivity index (χ1) is 14.1. The number of esters is 1. The molecule has 0 atom stereocenters. The Morgan fingerprint density at radius 2 is 1.83 bits per heavy atom. The highest BCUT2D eigenvalue weighted by Gasteiger charge is 2.23. The van der Waals surface area contributed by atoms with Crippen LogP contribution in [0.15, 0.2) is 35.8 Å². The average Bonchev–Trinajstić information content (AvgIpc) is 3.30. The fraction of sp³-hybridized carbons (Fsp3) is 0.318. The summed E-state index contributed by atoms with van der Waals surface area (Å²) in [6.45, 7) is 5.41. The van der Waals surface area contributed by atoms with Crippen LogP contribution in [0.5, 0.6) is 5.75 Å². The maximum absolute atomic E-state index is 12.7. The minimum atomic E-state index is -0.643. The van der Waals surface area contributed by atoms with Gasteiger partial charge in [-0.15, -0.1) is 11.3 Å². The second kappa shape index (κ2) is 8.31. The van der Waals surface area contributed by atoms with Gasteiger partial charge in [-0.3, -0.25) is 14.2 Å². The molecule has 0 amide bonds. The zero-order valence-electron chi connectivity index (χ0n) is 17.5. The van der Waals surface area contributed by atoms with Crippen LogP contribution in [-0.4, -0.2) is 42.2 Å². The fourth-order valence-corrected chi connectivity index (χ4v) is 3.79. The lowest BCUT2D eigenvalue weighted by molar-refractivity contribution is -0.139. The highest BCUT2D eigenvalue weighted by molar-refractivity contribution is 7.12. The number of hydrogen-bond donors (Lipinski definition) is 0. The Morgan fingerprint density at radius 3 is 2.47 bits per heavy atom. The van der Waals surface area contributed by atoms with Crippen LogP contribution in [-0.2, 0) is 14.3 Å². The minimum absolute atomic E-state index is 0.313. The molecule has 1 aromatic carbocycles. The van der Waals surface area contributed by atoms with Gasteiger partial charge in [-0.2, -0.15) is 0 Å². The first-order valence-electron chi connectivity index (χ1n) is 9.24. The van der Waals surface area contributed by atoms with Crippen LogP contribution < -0.4 is 4.74 Å². The summed E-state index contributed by atoms with van der Waals surface area (Å²) < 4.78 is 16.9. The van der Waals surface area contributed by atoms with E-state index in [-0.39, 0.29) is 12.2 Å². The van der Waals surface area contributed by atoms with E-state index >= 15 is 0 Å². The molecule has 7 nitrogen and oxygen atoms in total. The van der Waals surface area contributed by atoms with Crippen molar-refractivity contribution in [2.24, 2.45) is 0 Å².